The molecule has 2 aliphatic rings. The maximum Gasteiger partial charge on any atom is 0.166 e. The van der Waals surface area contributed by atoms with Gasteiger partial charge >= 0.3 is 0 Å². The molecule has 0 aliphatic heterocycles. The summed E-state index contributed by atoms with van der Waals surface area (Å²) in [5.74, 6) is -0.841. The zero-order valence-electron chi connectivity index (χ0n) is 25.3. The van der Waals surface area contributed by atoms with Crippen molar-refractivity contribution in [2.75, 3.05) is 0 Å². The molecule has 2 fully saturated rings. The van der Waals surface area contributed by atoms with E-state index >= 15 is 8.78 Å². The van der Waals surface area contributed by atoms with Gasteiger partial charge < -0.3 is 0 Å². The van der Waals surface area contributed by atoms with Gasteiger partial charge in [0.15, 0.2) is 23.3 Å². The first-order chi connectivity index (χ1) is 20.4. The Balaban J connectivity index is 1.16. The maximum absolute atomic E-state index is 15.4. The SMILES string of the molecule is CCCCCCCC1CCC(C2CCC(c3ccc(-c4ccc(-c5ccc(C)c(F)c5F)cc4)c(F)c3F)CC2)CC1. The molecule has 0 bridgehead atoms. The van der Waals surface area contributed by atoms with Crippen molar-refractivity contribution in [2.24, 2.45) is 17.8 Å². The number of unbranched alkanes of at least 4 members (excludes halogenated alkanes) is 4. The summed E-state index contributed by atoms with van der Waals surface area (Å²) in [5.41, 5.74) is 2.07. The molecule has 0 atom stereocenters. The Labute approximate surface area is 249 Å². The molecule has 42 heavy (non-hydrogen) atoms. The molecule has 0 spiro atoms. The summed E-state index contributed by atoms with van der Waals surface area (Å²) in [6.07, 6.45) is 17.7. The predicted octanol–water partition coefficient (Wildman–Crippen LogP) is 12.3. The van der Waals surface area contributed by atoms with Gasteiger partial charge in [-0.2, -0.15) is 0 Å². The molecule has 0 saturated heterocycles. The Kier molecular flexibility index (Phi) is 10.4. The van der Waals surface area contributed by atoms with Crippen LogP contribution in [0.25, 0.3) is 22.3 Å². The Morgan fingerprint density at radius 2 is 1.07 bits per heavy atom. The molecule has 3 aromatic rings. The summed E-state index contributed by atoms with van der Waals surface area (Å²) in [7, 11) is 0. The molecular formula is C38H46F4. The van der Waals surface area contributed by atoms with Gasteiger partial charge in [0.2, 0.25) is 0 Å². The van der Waals surface area contributed by atoms with E-state index < -0.39 is 23.3 Å². The van der Waals surface area contributed by atoms with E-state index in [1.807, 2.05) is 0 Å². The van der Waals surface area contributed by atoms with Crippen molar-refractivity contribution in [3.63, 3.8) is 0 Å². The summed E-state index contributed by atoms with van der Waals surface area (Å²) in [6.45, 7) is 3.78. The molecule has 2 saturated carbocycles. The van der Waals surface area contributed by atoms with E-state index in [1.54, 1.807) is 36.4 Å². The van der Waals surface area contributed by atoms with Crippen molar-refractivity contribution in [1.29, 1.82) is 0 Å². The molecular weight excluding hydrogens is 532 g/mol. The molecule has 0 radical (unpaired) electrons. The Hall–Kier alpha value is -2.62. The lowest BCUT2D eigenvalue weighted by Crippen LogP contribution is -2.25. The highest BCUT2D eigenvalue weighted by Crippen LogP contribution is 2.45. The van der Waals surface area contributed by atoms with Gasteiger partial charge in [0.25, 0.3) is 0 Å². The second-order valence-electron chi connectivity index (χ2n) is 13.1. The van der Waals surface area contributed by atoms with Crippen LogP contribution in [0, 0.1) is 47.9 Å². The van der Waals surface area contributed by atoms with Gasteiger partial charge in [0.05, 0.1) is 0 Å². The Morgan fingerprint density at radius 3 is 1.67 bits per heavy atom. The fraction of sp³-hybridized carbons (Fsp3) is 0.526. The van der Waals surface area contributed by atoms with Crippen LogP contribution in [0.2, 0.25) is 0 Å². The molecule has 0 nitrogen and oxygen atoms in total. The molecule has 0 aromatic heterocycles. The monoisotopic (exact) mass is 578 g/mol. The number of rotatable bonds is 10. The number of aryl methyl sites for hydroxylation is 1. The van der Waals surface area contributed by atoms with Gasteiger partial charge in [0, 0.05) is 11.1 Å². The quantitative estimate of drug-likeness (QED) is 0.166. The van der Waals surface area contributed by atoms with E-state index in [4.69, 9.17) is 0 Å². The van der Waals surface area contributed by atoms with Crippen LogP contribution in [-0.2, 0) is 0 Å². The van der Waals surface area contributed by atoms with Crippen LogP contribution in [0.1, 0.15) is 114 Å². The molecule has 2 aliphatic carbocycles. The van der Waals surface area contributed by atoms with Crippen LogP contribution in [0.4, 0.5) is 17.6 Å². The lowest BCUT2D eigenvalue weighted by Gasteiger charge is -2.38. The lowest BCUT2D eigenvalue weighted by atomic mass is 9.68. The van der Waals surface area contributed by atoms with Crippen LogP contribution in [0.15, 0.2) is 48.5 Å². The van der Waals surface area contributed by atoms with Gasteiger partial charge in [-0.1, -0.05) is 107 Å². The summed E-state index contributed by atoms with van der Waals surface area (Å²) in [5, 5.41) is 0. The first-order valence-electron chi connectivity index (χ1n) is 16.4. The van der Waals surface area contributed by atoms with Crippen molar-refractivity contribution < 1.29 is 17.6 Å². The number of hydrogen-bond acceptors (Lipinski definition) is 0. The minimum Gasteiger partial charge on any atom is -0.203 e. The molecule has 4 heteroatoms. The fourth-order valence-corrected chi connectivity index (χ4v) is 7.69. The van der Waals surface area contributed by atoms with Crippen LogP contribution < -0.4 is 0 Å². The Morgan fingerprint density at radius 1 is 0.548 bits per heavy atom. The third-order valence-electron chi connectivity index (χ3n) is 10.4. The van der Waals surface area contributed by atoms with Gasteiger partial charge in [-0.05, 0) is 91.4 Å². The largest absolute Gasteiger partial charge is 0.203 e. The van der Waals surface area contributed by atoms with Gasteiger partial charge in [-0.15, -0.1) is 0 Å². The topological polar surface area (TPSA) is 0 Å². The van der Waals surface area contributed by atoms with Crippen molar-refractivity contribution in [2.45, 2.75) is 110 Å². The molecule has 0 amide bonds. The third kappa shape index (κ3) is 6.95. The minimum absolute atomic E-state index is 0.0612. The van der Waals surface area contributed by atoms with Crippen LogP contribution in [-0.4, -0.2) is 0 Å². The van der Waals surface area contributed by atoms with Crippen molar-refractivity contribution in [3.05, 3.63) is 82.9 Å². The molecule has 0 N–H and O–H groups in total. The number of halogens is 4. The van der Waals surface area contributed by atoms with E-state index in [0.29, 0.717) is 16.7 Å². The maximum atomic E-state index is 15.4. The standard InChI is InChI=1S/C38H46F4/c1-3-4-5-6-7-8-26-10-12-27(13-11-26)28-14-16-29(17-15-28)33-23-24-34(38(42)37(33)41)31-20-18-30(19-21-31)32-22-9-25(2)35(39)36(32)40/h9,18-24,26-29H,3-8,10-17H2,1-2H3. The first-order valence-corrected chi connectivity index (χ1v) is 16.4. The third-order valence-corrected chi connectivity index (χ3v) is 10.4. The van der Waals surface area contributed by atoms with E-state index in [9.17, 15) is 8.78 Å². The zero-order valence-corrected chi connectivity index (χ0v) is 25.3. The van der Waals surface area contributed by atoms with Gasteiger partial charge in [-0.3, -0.25) is 0 Å². The number of hydrogen-bond donors (Lipinski definition) is 0. The van der Waals surface area contributed by atoms with Crippen molar-refractivity contribution >= 4 is 0 Å². The highest BCUT2D eigenvalue weighted by molar-refractivity contribution is 5.71. The molecule has 3 aromatic carbocycles. The average molecular weight is 579 g/mol. The second kappa shape index (κ2) is 14.2. The number of benzene rings is 3. The van der Waals surface area contributed by atoms with Gasteiger partial charge in [-0.25, -0.2) is 17.6 Å². The normalized spacial score (nSPS) is 22.8. The highest BCUT2D eigenvalue weighted by atomic mass is 19.2. The predicted molar refractivity (Wildman–Crippen MR) is 165 cm³/mol. The molecule has 226 valence electrons. The summed E-state index contributed by atoms with van der Waals surface area (Å²) in [6, 6.07) is 13.0. The van der Waals surface area contributed by atoms with Crippen molar-refractivity contribution in [3.8, 4) is 22.3 Å². The van der Waals surface area contributed by atoms with E-state index in [0.717, 1.165) is 43.4 Å². The molecule has 0 unspecified atom stereocenters. The molecule has 0 heterocycles. The van der Waals surface area contributed by atoms with Crippen LogP contribution >= 0.6 is 0 Å². The zero-order chi connectivity index (χ0) is 29.6. The Bertz CT molecular complexity index is 1310. The first kappa shape index (κ1) is 30.8. The highest BCUT2D eigenvalue weighted by Gasteiger charge is 2.32. The van der Waals surface area contributed by atoms with Crippen LogP contribution in [0.5, 0.6) is 0 Å². The fourth-order valence-electron chi connectivity index (χ4n) is 7.69. The average Bonchev–Trinajstić information content (AvgIpc) is 3.02. The second-order valence-corrected chi connectivity index (χ2v) is 13.1. The summed E-state index contributed by atoms with van der Waals surface area (Å²) in [4.78, 5) is 0. The van der Waals surface area contributed by atoms with E-state index in [2.05, 4.69) is 6.92 Å². The minimum atomic E-state index is -0.903. The van der Waals surface area contributed by atoms with E-state index in [-0.39, 0.29) is 22.6 Å². The molecule has 5 rings (SSSR count). The van der Waals surface area contributed by atoms with Crippen molar-refractivity contribution in [1.82, 2.24) is 0 Å². The summed E-state index contributed by atoms with van der Waals surface area (Å²) >= 11 is 0. The lowest BCUT2D eigenvalue weighted by molar-refractivity contribution is 0.155. The smallest absolute Gasteiger partial charge is 0.166 e. The summed E-state index contributed by atoms with van der Waals surface area (Å²) < 4.78 is 59.3. The van der Waals surface area contributed by atoms with Crippen LogP contribution in [0.3, 0.4) is 0 Å². The van der Waals surface area contributed by atoms with E-state index in [1.165, 1.54) is 83.3 Å². The van der Waals surface area contributed by atoms with Gasteiger partial charge in [0.1, 0.15) is 0 Å².